The van der Waals surface area contributed by atoms with Gasteiger partial charge in [-0.2, -0.15) is 0 Å². The number of para-hydroxylation sites is 1. The van der Waals surface area contributed by atoms with Gasteiger partial charge < -0.3 is 15.2 Å². The Morgan fingerprint density at radius 2 is 1.50 bits per heavy atom. The van der Waals surface area contributed by atoms with Crippen LogP contribution < -0.4 is 10.2 Å². The molecule has 0 saturated heterocycles. The van der Waals surface area contributed by atoms with Crippen molar-refractivity contribution in [2.75, 3.05) is 16.8 Å². The third-order valence-corrected chi connectivity index (χ3v) is 7.69. The number of hydrogen-bond acceptors (Lipinski definition) is 3. The van der Waals surface area contributed by atoms with E-state index < -0.39 is 0 Å². The van der Waals surface area contributed by atoms with Gasteiger partial charge in [-0.15, -0.1) is 0 Å². The van der Waals surface area contributed by atoms with Crippen molar-refractivity contribution in [1.82, 2.24) is 9.97 Å². The van der Waals surface area contributed by atoms with Crippen LogP contribution in [0, 0.1) is 0 Å². The highest BCUT2D eigenvalue weighted by Gasteiger charge is 2.31. The van der Waals surface area contributed by atoms with Gasteiger partial charge in [-0.3, -0.25) is 9.59 Å². The molecule has 1 aromatic heterocycles. The lowest BCUT2D eigenvalue weighted by atomic mass is 9.99. The van der Waals surface area contributed by atoms with Gasteiger partial charge in [0.15, 0.2) is 0 Å². The Balaban J connectivity index is 1.11. The van der Waals surface area contributed by atoms with Crippen molar-refractivity contribution in [1.29, 1.82) is 0 Å². The molecule has 1 fully saturated rings. The van der Waals surface area contributed by atoms with Crippen LogP contribution in [0.5, 0.6) is 0 Å². The average molecular weight is 525 g/mol. The number of hydrogen-bond donors (Lipinski definition) is 2. The van der Waals surface area contributed by atoms with E-state index in [-0.39, 0.29) is 11.8 Å². The minimum atomic E-state index is -0.195. The van der Waals surface area contributed by atoms with Crippen molar-refractivity contribution in [3.05, 3.63) is 126 Å². The molecule has 2 N–H and O–H groups in total. The quantitative estimate of drug-likeness (QED) is 0.258. The van der Waals surface area contributed by atoms with Crippen LogP contribution in [-0.4, -0.2) is 28.3 Å². The highest BCUT2D eigenvalue weighted by Crippen LogP contribution is 2.42. The monoisotopic (exact) mass is 524 g/mol. The number of aromatic nitrogens is 2. The number of nitrogens with one attached hydrogen (secondary N) is 2. The van der Waals surface area contributed by atoms with E-state index in [1.54, 1.807) is 24.3 Å². The molecule has 0 radical (unpaired) electrons. The summed E-state index contributed by atoms with van der Waals surface area (Å²) in [7, 11) is 0. The molecule has 6 nitrogen and oxygen atoms in total. The fraction of sp³-hybridized carbons (Fsp3) is 0.147. The number of amides is 2. The number of fused-ring (bicyclic) bond motifs is 3. The topological polar surface area (TPSA) is 78.1 Å². The number of rotatable bonds is 5. The molecule has 196 valence electrons. The molecule has 0 atom stereocenters. The van der Waals surface area contributed by atoms with Gasteiger partial charge in [0, 0.05) is 41.3 Å². The standard InChI is InChI=1S/C34H28N4O2/c39-33(27-11-5-4-10-26(27)22-8-2-1-3-9-22)35-25-18-16-24(17-19-25)34(40)38-21-20-29-31(28-12-6-7-13-30(28)38)37-32(36-29)23-14-15-23/h1-13,16-19,23H,14-15,20-21H2,(H,35,39)(H,36,37). The largest absolute Gasteiger partial charge is 0.341 e. The normalized spacial score (nSPS) is 14.2. The second-order valence-electron chi connectivity index (χ2n) is 10.4. The van der Waals surface area contributed by atoms with E-state index in [0.29, 0.717) is 35.7 Å². The van der Waals surface area contributed by atoms with Crippen LogP contribution in [0.3, 0.4) is 0 Å². The maximum atomic E-state index is 13.7. The Kier molecular flexibility index (Phi) is 6.00. The average Bonchev–Trinajstić information content (AvgIpc) is 3.80. The first-order valence-electron chi connectivity index (χ1n) is 13.7. The summed E-state index contributed by atoms with van der Waals surface area (Å²) in [4.78, 5) is 37.2. The van der Waals surface area contributed by atoms with Crippen LogP contribution in [0.15, 0.2) is 103 Å². The number of carbonyl (C=O) groups excluding carboxylic acids is 2. The summed E-state index contributed by atoms with van der Waals surface area (Å²) in [5, 5.41) is 2.99. The zero-order valence-electron chi connectivity index (χ0n) is 21.9. The van der Waals surface area contributed by atoms with Crippen molar-refractivity contribution in [2.45, 2.75) is 25.2 Å². The molecule has 1 saturated carbocycles. The molecule has 1 aliphatic heterocycles. The molecule has 6 heteroatoms. The first-order chi connectivity index (χ1) is 19.7. The summed E-state index contributed by atoms with van der Waals surface area (Å²) in [6.45, 7) is 0.548. The second-order valence-corrected chi connectivity index (χ2v) is 10.4. The van der Waals surface area contributed by atoms with Crippen LogP contribution in [0.1, 0.15) is 51.0 Å². The highest BCUT2D eigenvalue weighted by atomic mass is 16.2. The van der Waals surface area contributed by atoms with Crippen LogP contribution >= 0.6 is 0 Å². The highest BCUT2D eigenvalue weighted by molar-refractivity contribution is 6.10. The van der Waals surface area contributed by atoms with Gasteiger partial charge in [0.1, 0.15) is 5.82 Å². The lowest BCUT2D eigenvalue weighted by Crippen LogP contribution is -2.32. The Hall–Kier alpha value is -4.97. The van der Waals surface area contributed by atoms with Crippen molar-refractivity contribution < 1.29 is 9.59 Å². The van der Waals surface area contributed by atoms with E-state index in [2.05, 4.69) is 16.4 Å². The van der Waals surface area contributed by atoms with Gasteiger partial charge in [-0.05, 0) is 60.4 Å². The molecule has 2 amide bonds. The molecule has 5 aromatic rings. The molecule has 7 rings (SSSR count). The SMILES string of the molecule is O=C(Nc1ccc(C(=O)N2CCc3nc(C4CC4)[nH]c3-c3ccccc32)cc1)c1ccccc1-c1ccccc1. The van der Waals surface area contributed by atoms with Crippen molar-refractivity contribution in [3.8, 4) is 22.4 Å². The summed E-state index contributed by atoms with van der Waals surface area (Å²) < 4.78 is 0. The van der Waals surface area contributed by atoms with E-state index in [1.807, 2.05) is 77.7 Å². The minimum absolute atomic E-state index is 0.0766. The first kappa shape index (κ1) is 24.1. The lowest BCUT2D eigenvalue weighted by molar-refractivity contribution is 0.0986. The van der Waals surface area contributed by atoms with Gasteiger partial charge in [-0.25, -0.2) is 4.98 Å². The summed E-state index contributed by atoms with van der Waals surface area (Å²) >= 11 is 0. The van der Waals surface area contributed by atoms with Gasteiger partial charge >= 0.3 is 0 Å². The first-order valence-corrected chi connectivity index (χ1v) is 13.7. The Morgan fingerprint density at radius 1 is 0.800 bits per heavy atom. The number of aromatic amines is 1. The van der Waals surface area contributed by atoms with E-state index in [0.717, 1.165) is 39.6 Å². The zero-order valence-corrected chi connectivity index (χ0v) is 21.9. The van der Waals surface area contributed by atoms with Gasteiger partial charge in [-0.1, -0.05) is 66.7 Å². The minimum Gasteiger partial charge on any atom is -0.341 e. The molecule has 40 heavy (non-hydrogen) atoms. The van der Waals surface area contributed by atoms with Crippen molar-refractivity contribution in [2.24, 2.45) is 0 Å². The summed E-state index contributed by atoms with van der Waals surface area (Å²) in [5.74, 6) is 1.35. The molecular weight excluding hydrogens is 496 g/mol. The number of anilines is 2. The fourth-order valence-corrected chi connectivity index (χ4v) is 5.45. The molecule has 0 spiro atoms. The maximum Gasteiger partial charge on any atom is 0.258 e. The van der Waals surface area contributed by atoms with Crippen LogP contribution in [0.4, 0.5) is 11.4 Å². The number of H-pyrrole nitrogens is 1. The maximum absolute atomic E-state index is 13.7. The predicted octanol–water partition coefficient (Wildman–Crippen LogP) is 7.08. The third kappa shape index (κ3) is 4.47. The van der Waals surface area contributed by atoms with E-state index in [9.17, 15) is 9.59 Å². The molecule has 2 aliphatic rings. The van der Waals surface area contributed by atoms with Gasteiger partial charge in [0.25, 0.3) is 11.8 Å². The molecular formula is C34H28N4O2. The van der Waals surface area contributed by atoms with Crippen LogP contribution in [-0.2, 0) is 6.42 Å². The number of imidazole rings is 1. The zero-order chi connectivity index (χ0) is 27.1. The number of nitrogens with zero attached hydrogens (tertiary/aromatic N) is 2. The van der Waals surface area contributed by atoms with Crippen molar-refractivity contribution in [3.63, 3.8) is 0 Å². The Morgan fingerprint density at radius 3 is 2.27 bits per heavy atom. The van der Waals surface area contributed by atoms with E-state index in [1.165, 1.54) is 12.8 Å². The molecule has 0 bridgehead atoms. The number of carbonyl (C=O) groups is 2. The number of benzene rings is 4. The van der Waals surface area contributed by atoms with Gasteiger partial charge in [0.05, 0.1) is 17.1 Å². The Labute approximate surface area is 232 Å². The van der Waals surface area contributed by atoms with E-state index in [4.69, 9.17) is 4.98 Å². The van der Waals surface area contributed by atoms with E-state index >= 15 is 0 Å². The van der Waals surface area contributed by atoms with Gasteiger partial charge in [0.2, 0.25) is 0 Å². The van der Waals surface area contributed by atoms with Crippen molar-refractivity contribution >= 4 is 23.2 Å². The van der Waals surface area contributed by atoms with Crippen LogP contribution in [0.2, 0.25) is 0 Å². The molecule has 0 unspecified atom stereocenters. The summed E-state index contributed by atoms with van der Waals surface area (Å²) in [6, 6.07) is 32.6. The lowest BCUT2D eigenvalue weighted by Gasteiger charge is -2.23. The van der Waals surface area contributed by atoms with Crippen LogP contribution in [0.25, 0.3) is 22.4 Å². The Bertz CT molecular complexity index is 1720. The summed E-state index contributed by atoms with van der Waals surface area (Å²) in [5.41, 5.74) is 7.59. The fourth-order valence-electron chi connectivity index (χ4n) is 5.45. The molecule has 2 heterocycles. The second kappa shape index (κ2) is 9.97. The predicted molar refractivity (Wildman–Crippen MR) is 158 cm³/mol. The smallest absolute Gasteiger partial charge is 0.258 e. The molecule has 1 aliphatic carbocycles. The molecule has 4 aromatic carbocycles. The third-order valence-electron chi connectivity index (χ3n) is 7.69. The summed E-state index contributed by atoms with van der Waals surface area (Å²) in [6.07, 6.45) is 3.07.